The standard InChI is InChI=1S/C19H22N2OS.ClH/c1-3-20(4-2)14-19(22)21-13-15-9-5-7-11-17(15)23-18-12-8-6-10-16(18)21;/h5-12H,3-4,13-14H2,1-2H3;1H. The molecular formula is C19H23ClN2OS. The number of carbonyl (C=O) groups excluding carboxylic acids is 1. The van der Waals surface area contributed by atoms with E-state index < -0.39 is 0 Å². The number of hydrogen-bond donors (Lipinski definition) is 0. The van der Waals surface area contributed by atoms with Crippen molar-refractivity contribution in [2.75, 3.05) is 24.5 Å². The summed E-state index contributed by atoms with van der Waals surface area (Å²) in [4.78, 5) is 19.4. The number of fused-ring (bicyclic) bond motifs is 2. The van der Waals surface area contributed by atoms with Crippen molar-refractivity contribution in [3.05, 3.63) is 54.1 Å². The summed E-state index contributed by atoms with van der Waals surface area (Å²) in [6.45, 7) is 7.08. The van der Waals surface area contributed by atoms with Crippen molar-refractivity contribution in [3.8, 4) is 0 Å². The lowest BCUT2D eigenvalue weighted by atomic mass is 10.2. The van der Waals surface area contributed by atoms with E-state index in [0.717, 1.165) is 23.7 Å². The van der Waals surface area contributed by atoms with Crippen molar-refractivity contribution >= 4 is 35.8 Å². The first kappa shape index (κ1) is 18.8. The average Bonchev–Trinajstić information content (AvgIpc) is 2.76. The van der Waals surface area contributed by atoms with E-state index in [0.29, 0.717) is 13.1 Å². The molecule has 0 fully saturated rings. The number of amides is 1. The molecule has 0 aliphatic carbocycles. The van der Waals surface area contributed by atoms with Crippen molar-refractivity contribution in [1.29, 1.82) is 0 Å². The second-order valence-corrected chi connectivity index (χ2v) is 6.70. The first-order chi connectivity index (χ1) is 11.2. The van der Waals surface area contributed by atoms with Crippen LogP contribution in [0.3, 0.4) is 0 Å². The lowest BCUT2D eigenvalue weighted by Gasteiger charge is -2.26. The van der Waals surface area contributed by atoms with E-state index in [2.05, 4.69) is 43.0 Å². The van der Waals surface area contributed by atoms with Gasteiger partial charge in [-0.05, 0) is 36.9 Å². The van der Waals surface area contributed by atoms with Crippen LogP contribution in [0.2, 0.25) is 0 Å². The zero-order valence-corrected chi connectivity index (χ0v) is 15.7. The van der Waals surface area contributed by atoms with Crippen molar-refractivity contribution in [2.45, 2.75) is 30.2 Å². The molecule has 1 aliphatic heterocycles. The predicted octanol–water partition coefficient (Wildman–Crippen LogP) is 4.45. The van der Waals surface area contributed by atoms with E-state index in [9.17, 15) is 4.79 Å². The SMILES string of the molecule is CCN(CC)CC(=O)N1Cc2ccccc2Sc2ccccc21.Cl. The normalized spacial score (nSPS) is 12.9. The number of hydrogen-bond acceptors (Lipinski definition) is 3. The lowest BCUT2D eigenvalue weighted by Crippen LogP contribution is -2.40. The summed E-state index contributed by atoms with van der Waals surface area (Å²) < 4.78 is 0. The van der Waals surface area contributed by atoms with Crippen molar-refractivity contribution in [3.63, 3.8) is 0 Å². The van der Waals surface area contributed by atoms with Crippen LogP contribution in [0.5, 0.6) is 0 Å². The third-order valence-electron chi connectivity index (χ3n) is 4.23. The third kappa shape index (κ3) is 3.94. The van der Waals surface area contributed by atoms with Gasteiger partial charge in [0.05, 0.1) is 18.8 Å². The molecule has 2 aromatic rings. The average molecular weight is 363 g/mol. The van der Waals surface area contributed by atoms with Gasteiger partial charge in [-0.25, -0.2) is 0 Å². The Kier molecular flexibility index (Phi) is 6.72. The summed E-state index contributed by atoms with van der Waals surface area (Å²) in [5.41, 5.74) is 2.23. The molecule has 0 atom stereocenters. The summed E-state index contributed by atoms with van der Waals surface area (Å²) >= 11 is 1.75. The zero-order chi connectivity index (χ0) is 16.2. The molecule has 1 amide bonds. The molecule has 2 aromatic carbocycles. The Morgan fingerprint density at radius 2 is 1.67 bits per heavy atom. The minimum atomic E-state index is 0. The smallest absolute Gasteiger partial charge is 0.241 e. The zero-order valence-electron chi connectivity index (χ0n) is 14.1. The Bertz CT molecular complexity index is 703. The summed E-state index contributed by atoms with van der Waals surface area (Å²) in [7, 11) is 0. The van der Waals surface area contributed by atoms with Crippen LogP contribution in [0, 0.1) is 0 Å². The Morgan fingerprint density at radius 1 is 1.04 bits per heavy atom. The van der Waals surface area contributed by atoms with Gasteiger partial charge >= 0.3 is 0 Å². The molecule has 0 N–H and O–H groups in total. The number of para-hydroxylation sites is 1. The van der Waals surface area contributed by atoms with Crippen LogP contribution in [0.1, 0.15) is 19.4 Å². The van der Waals surface area contributed by atoms with E-state index in [1.807, 2.05) is 29.2 Å². The first-order valence-corrected chi connectivity index (χ1v) is 8.92. The van der Waals surface area contributed by atoms with E-state index >= 15 is 0 Å². The second-order valence-electron chi connectivity index (χ2n) is 5.62. The largest absolute Gasteiger partial charge is 0.306 e. The number of nitrogens with zero attached hydrogens (tertiary/aromatic N) is 2. The molecule has 0 saturated carbocycles. The van der Waals surface area contributed by atoms with Crippen molar-refractivity contribution < 1.29 is 4.79 Å². The van der Waals surface area contributed by atoms with Gasteiger partial charge in [-0.1, -0.05) is 55.9 Å². The van der Waals surface area contributed by atoms with E-state index in [1.54, 1.807) is 11.8 Å². The Labute approximate surface area is 154 Å². The summed E-state index contributed by atoms with van der Waals surface area (Å²) in [5.74, 6) is 0.165. The molecule has 0 spiro atoms. The quantitative estimate of drug-likeness (QED) is 0.802. The predicted molar refractivity (Wildman–Crippen MR) is 103 cm³/mol. The first-order valence-electron chi connectivity index (χ1n) is 8.10. The van der Waals surface area contributed by atoms with Crippen LogP contribution in [0.15, 0.2) is 58.3 Å². The maximum Gasteiger partial charge on any atom is 0.241 e. The van der Waals surface area contributed by atoms with Crippen molar-refractivity contribution in [2.24, 2.45) is 0 Å². The molecule has 128 valence electrons. The fourth-order valence-corrected chi connectivity index (χ4v) is 3.90. The fourth-order valence-electron chi connectivity index (χ4n) is 2.82. The summed E-state index contributed by atoms with van der Waals surface area (Å²) in [6.07, 6.45) is 0. The summed E-state index contributed by atoms with van der Waals surface area (Å²) in [6, 6.07) is 16.5. The Hall–Kier alpha value is -1.49. The lowest BCUT2D eigenvalue weighted by molar-refractivity contribution is -0.119. The molecule has 24 heavy (non-hydrogen) atoms. The van der Waals surface area contributed by atoms with Crippen LogP contribution >= 0.6 is 24.2 Å². The maximum absolute atomic E-state index is 12.9. The molecule has 3 nitrogen and oxygen atoms in total. The Morgan fingerprint density at radius 3 is 2.38 bits per heavy atom. The second kappa shape index (κ2) is 8.56. The van der Waals surface area contributed by atoms with Crippen LogP contribution in [-0.4, -0.2) is 30.4 Å². The number of likely N-dealkylation sites (N-methyl/N-ethyl adjacent to an activating group) is 1. The van der Waals surface area contributed by atoms with Crippen molar-refractivity contribution in [1.82, 2.24) is 4.90 Å². The van der Waals surface area contributed by atoms with Crippen LogP contribution in [0.25, 0.3) is 0 Å². The van der Waals surface area contributed by atoms with Crippen LogP contribution in [0.4, 0.5) is 5.69 Å². The van der Waals surface area contributed by atoms with Crippen LogP contribution < -0.4 is 4.90 Å². The number of anilines is 1. The number of carbonyl (C=O) groups is 1. The molecule has 0 bridgehead atoms. The van der Waals surface area contributed by atoms with Gasteiger partial charge < -0.3 is 4.90 Å². The minimum Gasteiger partial charge on any atom is -0.306 e. The molecule has 0 unspecified atom stereocenters. The number of halogens is 1. The highest BCUT2D eigenvalue weighted by atomic mass is 35.5. The topological polar surface area (TPSA) is 23.6 Å². The molecule has 0 saturated heterocycles. The van der Waals surface area contributed by atoms with E-state index in [-0.39, 0.29) is 18.3 Å². The highest BCUT2D eigenvalue weighted by Gasteiger charge is 2.24. The molecule has 1 aliphatic rings. The minimum absolute atomic E-state index is 0. The summed E-state index contributed by atoms with van der Waals surface area (Å²) in [5, 5.41) is 0. The van der Waals surface area contributed by atoms with Gasteiger partial charge in [0.1, 0.15) is 0 Å². The van der Waals surface area contributed by atoms with Gasteiger partial charge in [0.2, 0.25) is 5.91 Å². The molecule has 3 rings (SSSR count). The van der Waals surface area contributed by atoms with E-state index in [4.69, 9.17) is 0 Å². The van der Waals surface area contributed by atoms with Gasteiger partial charge in [-0.2, -0.15) is 0 Å². The van der Waals surface area contributed by atoms with Gasteiger partial charge in [0.25, 0.3) is 0 Å². The highest BCUT2D eigenvalue weighted by Crippen LogP contribution is 2.41. The number of rotatable bonds is 4. The molecular weight excluding hydrogens is 340 g/mol. The Balaban J connectivity index is 0.00000208. The number of benzene rings is 2. The van der Waals surface area contributed by atoms with Crippen LogP contribution in [-0.2, 0) is 11.3 Å². The van der Waals surface area contributed by atoms with Gasteiger partial charge in [0, 0.05) is 9.79 Å². The van der Waals surface area contributed by atoms with Gasteiger partial charge in [0.15, 0.2) is 0 Å². The van der Waals surface area contributed by atoms with E-state index in [1.165, 1.54) is 10.5 Å². The monoisotopic (exact) mass is 362 g/mol. The third-order valence-corrected chi connectivity index (χ3v) is 5.41. The highest BCUT2D eigenvalue weighted by molar-refractivity contribution is 7.99. The maximum atomic E-state index is 12.9. The molecule has 5 heteroatoms. The fraction of sp³-hybridized carbons (Fsp3) is 0.316. The molecule has 1 heterocycles. The molecule has 0 aromatic heterocycles. The van der Waals surface area contributed by atoms with Gasteiger partial charge in [-0.15, -0.1) is 12.4 Å². The van der Waals surface area contributed by atoms with Gasteiger partial charge in [-0.3, -0.25) is 9.69 Å². The molecule has 0 radical (unpaired) electrons.